The molecule has 54 valence electrons. The first kappa shape index (κ1) is 5.35. The van der Waals surface area contributed by atoms with Gasteiger partial charge in [-0.2, -0.15) is 0 Å². The smallest absolute Gasteiger partial charge is 0.122 e. The summed E-state index contributed by atoms with van der Waals surface area (Å²) in [4.78, 5) is 4.36. The van der Waals surface area contributed by atoms with Gasteiger partial charge in [0.1, 0.15) is 5.84 Å². The molecule has 1 aliphatic carbocycles. The number of nitrogens with zero attached hydrogens (tertiary/aromatic N) is 1. The topological polar surface area (TPSA) is 24.4 Å². The molecule has 3 rings (SSSR count). The molecule has 0 amide bonds. The van der Waals surface area contributed by atoms with Crippen LogP contribution in [-0.2, 0) is 0 Å². The van der Waals surface area contributed by atoms with Crippen LogP contribution in [0.2, 0.25) is 0 Å². The molecule has 0 saturated heterocycles. The van der Waals surface area contributed by atoms with Crippen molar-refractivity contribution in [2.45, 2.75) is 0 Å². The maximum atomic E-state index is 4.36. The van der Waals surface area contributed by atoms with Gasteiger partial charge >= 0.3 is 0 Å². The summed E-state index contributed by atoms with van der Waals surface area (Å²) < 4.78 is 0. The first-order valence-electron chi connectivity index (χ1n) is 3.84. The van der Waals surface area contributed by atoms with Crippen molar-refractivity contribution in [2.75, 3.05) is 13.1 Å². The summed E-state index contributed by atoms with van der Waals surface area (Å²) >= 11 is 0. The first-order valence-corrected chi connectivity index (χ1v) is 3.84. The Labute approximate surface area is 65.0 Å². The third-order valence-electron chi connectivity index (χ3n) is 2.34. The van der Waals surface area contributed by atoms with Crippen LogP contribution in [0, 0.1) is 0 Å². The molecule has 0 spiro atoms. The zero-order valence-corrected chi connectivity index (χ0v) is 6.09. The van der Waals surface area contributed by atoms with Gasteiger partial charge in [-0.05, 0) is 22.8 Å². The van der Waals surface area contributed by atoms with Crippen LogP contribution in [0.3, 0.4) is 0 Å². The Balaban J connectivity index is 2.25. The minimum atomic E-state index is 0.855. The average Bonchev–Trinajstić information content (AvgIpc) is 2.48. The van der Waals surface area contributed by atoms with Crippen LogP contribution >= 0.6 is 0 Å². The Hall–Kier alpha value is -1.31. The summed E-state index contributed by atoms with van der Waals surface area (Å²) in [5.74, 6) is 1.05. The lowest BCUT2D eigenvalue weighted by Crippen LogP contribution is -2.31. The second-order valence-corrected chi connectivity index (χ2v) is 3.00. The second-order valence-electron chi connectivity index (χ2n) is 3.00. The monoisotopic (exact) mass is 144 g/mol. The standard InChI is InChI=1S/C9H8N2/c1-2-7-5-11-9-3-8(7)6(1)4-10-9/h1-3H,4-5H2,(H,10,11). The first-order chi connectivity index (χ1) is 5.43. The van der Waals surface area contributed by atoms with Crippen LogP contribution in [0.25, 0.3) is 0 Å². The number of rotatable bonds is 0. The lowest BCUT2D eigenvalue weighted by molar-refractivity contribution is 0.937. The van der Waals surface area contributed by atoms with Gasteiger partial charge in [0.05, 0.1) is 6.54 Å². The summed E-state index contributed by atoms with van der Waals surface area (Å²) in [5, 5.41) is 3.25. The zero-order valence-electron chi connectivity index (χ0n) is 6.09. The molecule has 0 atom stereocenters. The fraction of sp³-hybridized carbons (Fsp3) is 0.222. The summed E-state index contributed by atoms with van der Waals surface area (Å²) in [5.41, 5.74) is 4.21. The van der Waals surface area contributed by atoms with E-state index in [1.54, 1.807) is 0 Å². The molecule has 0 saturated carbocycles. The normalized spacial score (nSPS) is 24.7. The van der Waals surface area contributed by atoms with E-state index < -0.39 is 0 Å². The molecule has 1 N–H and O–H groups in total. The summed E-state index contributed by atoms with van der Waals surface area (Å²) in [6, 6.07) is 0. The fourth-order valence-electron chi connectivity index (χ4n) is 1.71. The lowest BCUT2D eigenvalue weighted by atomic mass is 9.98. The van der Waals surface area contributed by atoms with E-state index in [9.17, 15) is 0 Å². The molecule has 2 bridgehead atoms. The summed E-state index contributed by atoms with van der Waals surface area (Å²) in [6.45, 7) is 1.80. The highest BCUT2D eigenvalue weighted by Crippen LogP contribution is 2.30. The molecule has 2 heteroatoms. The van der Waals surface area contributed by atoms with Crippen molar-refractivity contribution in [3.8, 4) is 0 Å². The van der Waals surface area contributed by atoms with Crippen molar-refractivity contribution in [2.24, 2.45) is 4.99 Å². The molecular formula is C9H8N2. The minimum absolute atomic E-state index is 0.855. The second kappa shape index (κ2) is 1.64. The van der Waals surface area contributed by atoms with Gasteiger partial charge in [-0.15, -0.1) is 0 Å². The third-order valence-corrected chi connectivity index (χ3v) is 2.34. The van der Waals surface area contributed by atoms with Gasteiger partial charge in [-0.25, -0.2) is 0 Å². The highest BCUT2D eigenvalue weighted by molar-refractivity contribution is 5.98. The van der Waals surface area contributed by atoms with E-state index in [0.29, 0.717) is 0 Å². The molecule has 2 nitrogen and oxygen atoms in total. The Bertz CT molecular complexity index is 343. The number of amidine groups is 1. The average molecular weight is 144 g/mol. The number of hydrogen-bond donors (Lipinski definition) is 1. The Morgan fingerprint density at radius 1 is 1.27 bits per heavy atom. The van der Waals surface area contributed by atoms with E-state index in [0.717, 1.165) is 18.9 Å². The molecule has 0 radical (unpaired) electrons. The number of aliphatic imine (C=N–C) groups is 1. The van der Waals surface area contributed by atoms with Crippen molar-refractivity contribution < 1.29 is 0 Å². The Morgan fingerprint density at radius 2 is 2.18 bits per heavy atom. The van der Waals surface area contributed by atoms with Gasteiger partial charge in [0.2, 0.25) is 0 Å². The zero-order chi connectivity index (χ0) is 7.26. The quantitative estimate of drug-likeness (QED) is 0.534. The Kier molecular flexibility index (Phi) is 0.799. The third kappa shape index (κ3) is 0.589. The molecule has 2 heterocycles. The largest absolute Gasteiger partial charge is 0.366 e. The van der Waals surface area contributed by atoms with E-state index in [-0.39, 0.29) is 0 Å². The molecule has 2 aliphatic heterocycles. The van der Waals surface area contributed by atoms with E-state index >= 15 is 0 Å². The van der Waals surface area contributed by atoms with Crippen LogP contribution in [0.4, 0.5) is 0 Å². The van der Waals surface area contributed by atoms with Crippen LogP contribution in [0.15, 0.2) is 39.9 Å². The van der Waals surface area contributed by atoms with Gasteiger partial charge in [-0.1, -0.05) is 12.2 Å². The molecule has 0 unspecified atom stereocenters. The summed E-state index contributed by atoms with van der Waals surface area (Å²) in [6.07, 6.45) is 6.50. The number of fused-ring (bicyclic) bond motifs is 1. The highest BCUT2D eigenvalue weighted by atomic mass is 15.0. The molecule has 0 fully saturated rings. The van der Waals surface area contributed by atoms with Crippen LogP contribution in [0.1, 0.15) is 0 Å². The van der Waals surface area contributed by atoms with E-state index in [2.05, 4.69) is 28.5 Å². The van der Waals surface area contributed by atoms with Gasteiger partial charge in [0.25, 0.3) is 0 Å². The van der Waals surface area contributed by atoms with E-state index in [4.69, 9.17) is 0 Å². The van der Waals surface area contributed by atoms with Gasteiger partial charge in [0.15, 0.2) is 0 Å². The number of nitrogens with one attached hydrogen (secondary N) is 1. The van der Waals surface area contributed by atoms with Gasteiger partial charge < -0.3 is 5.32 Å². The van der Waals surface area contributed by atoms with Gasteiger partial charge in [0, 0.05) is 6.54 Å². The van der Waals surface area contributed by atoms with Crippen molar-refractivity contribution in [3.05, 3.63) is 34.9 Å². The van der Waals surface area contributed by atoms with Crippen molar-refractivity contribution in [1.82, 2.24) is 5.32 Å². The predicted octanol–water partition coefficient (Wildman–Crippen LogP) is 0.794. The van der Waals surface area contributed by atoms with E-state index in [1.807, 2.05) is 0 Å². The molecule has 3 aliphatic rings. The van der Waals surface area contributed by atoms with Crippen LogP contribution in [0.5, 0.6) is 0 Å². The molecule has 0 aromatic heterocycles. The maximum Gasteiger partial charge on any atom is 0.122 e. The molecular weight excluding hydrogens is 136 g/mol. The lowest BCUT2D eigenvalue weighted by Gasteiger charge is -2.22. The van der Waals surface area contributed by atoms with Crippen molar-refractivity contribution in [1.29, 1.82) is 0 Å². The number of hydrogen-bond acceptors (Lipinski definition) is 2. The molecule has 0 aromatic rings. The summed E-state index contributed by atoms with van der Waals surface area (Å²) in [7, 11) is 0. The number of dihydropyridines is 1. The SMILES string of the molecule is C1=C2CN=C3C=C2C(=C1)CN3. The maximum absolute atomic E-state index is 4.36. The minimum Gasteiger partial charge on any atom is -0.366 e. The predicted molar refractivity (Wildman–Crippen MR) is 44.6 cm³/mol. The number of allylic oxidation sites excluding steroid dienone is 2. The Morgan fingerprint density at radius 3 is 3.18 bits per heavy atom. The van der Waals surface area contributed by atoms with Gasteiger partial charge in [-0.3, -0.25) is 4.99 Å². The molecule has 11 heavy (non-hydrogen) atoms. The van der Waals surface area contributed by atoms with Crippen LogP contribution < -0.4 is 5.32 Å². The molecule has 0 aromatic carbocycles. The van der Waals surface area contributed by atoms with E-state index in [1.165, 1.54) is 16.7 Å². The fourth-order valence-corrected chi connectivity index (χ4v) is 1.71. The highest BCUT2D eigenvalue weighted by Gasteiger charge is 2.22. The van der Waals surface area contributed by atoms with Crippen LogP contribution in [-0.4, -0.2) is 18.9 Å². The van der Waals surface area contributed by atoms with Crippen molar-refractivity contribution >= 4 is 5.84 Å². The van der Waals surface area contributed by atoms with Crippen molar-refractivity contribution in [3.63, 3.8) is 0 Å².